The molecule has 0 saturated carbocycles. The first kappa shape index (κ1) is 11.5. The smallest absolute Gasteiger partial charge is 0.354 e. The van der Waals surface area contributed by atoms with Crippen molar-refractivity contribution >= 4 is 11.7 Å². The summed E-state index contributed by atoms with van der Waals surface area (Å²) in [5, 5.41) is 12.3. The number of nitrogens with zero attached hydrogens (tertiary/aromatic N) is 2. The Morgan fingerprint density at radius 1 is 1.39 bits per heavy atom. The van der Waals surface area contributed by atoms with Crippen molar-refractivity contribution in [3.05, 3.63) is 24.0 Å². The lowest BCUT2D eigenvalue weighted by atomic mass is 10.1. The molecule has 2 N–H and O–H groups in total. The van der Waals surface area contributed by atoms with Crippen molar-refractivity contribution in [1.82, 2.24) is 9.88 Å². The number of pyridine rings is 1. The highest BCUT2D eigenvalue weighted by Gasteiger charge is 2.36. The molecule has 0 amide bonds. The molecule has 3 heterocycles. The fourth-order valence-electron chi connectivity index (χ4n) is 3.07. The molecule has 2 unspecified atom stereocenters. The van der Waals surface area contributed by atoms with E-state index in [9.17, 15) is 4.79 Å². The molecule has 0 spiro atoms. The molecule has 2 fully saturated rings. The maximum atomic E-state index is 10.7. The van der Waals surface area contributed by atoms with E-state index in [4.69, 9.17) is 5.11 Å². The van der Waals surface area contributed by atoms with Gasteiger partial charge >= 0.3 is 5.97 Å². The third-order valence-electron chi connectivity index (χ3n) is 3.94. The van der Waals surface area contributed by atoms with E-state index in [1.54, 1.807) is 18.3 Å². The third-order valence-corrected chi connectivity index (χ3v) is 3.94. The molecule has 3 rings (SSSR count). The van der Waals surface area contributed by atoms with Gasteiger partial charge < -0.3 is 10.4 Å². The van der Waals surface area contributed by atoms with Gasteiger partial charge in [0.1, 0.15) is 5.69 Å². The number of aromatic carboxylic acids is 1. The SMILES string of the molecule is O=C(O)c1ccc(NC2CCN3CCCC23)cn1. The number of hydrogen-bond acceptors (Lipinski definition) is 4. The highest BCUT2D eigenvalue weighted by molar-refractivity contribution is 5.85. The molecular weight excluding hydrogens is 230 g/mol. The van der Waals surface area contributed by atoms with Gasteiger partial charge in [-0.2, -0.15) is 0 Å². The highest BCUT2D eigenvalue weighted by atomic mass is 16.4. The Kier molecular flexibility index (Phi) is 2.91. The third kappa shape index (κ3) is 2.06. The van der Waals surface area contributed by atoms with E-state index in [2.05, 4.69) is 15.2 Å². The topological polar surface area (TPSA) is 65.5 Å². The van der Waals surface area contributed by atoms with Crippen LogP contribution in [0, 0.1) is 0 Å². The van der Waals surface area contributed by atoms with Crippen LogP contribution in [0.2, 0.25) is 0 Å². The number of hydrogen-bond donors (Lipinski definition) is 2. The first-order chi connectivity index (χ1) is 8.74. The molecule has 5 heteroatoms. The Morgan fingerprint density at radius 3 is 3.00 bits per heavy atom. The molecule has 2 aliphatic rings. The Balaban J connectivity index is 1.67. The van der Waals surface area contributed by atoms with Crippen LogP contribution < -0.4 is 5.32 Å². The highest BCUT2D eigenvalue weighted by Crippen LogP contribution is 2.29. The van der Waals surface area contributed by atoms with Gasteiger partial charge in [0.25, 0.3) is 0 Å². The number of anilines is 1. The largest absolute Gasteiger partial charge is 0.477 e. The van der Waals surface area contributed by atoms with Gasteiger partial charge in [-0.25, -0.2) is 9.78 Å². The van der Waals surface area contributed by atoms with E-state index < -0.39 is 5.97 Å². The van der Waals surface area contributed by atoms with E-state index >= 15 is 0 Å². The second-order valence-corrected chi connectivity index (χ2v) is 5.02. The number of rotatable bonds is 3. The van der Waals surface area contributed by atoms with Gasteiger partial charge in [0.05, 0.1) is 11.9 Å². The van der Waals surface area contributed by atoms with Crippen molar-refractivity contribution in [3.8, 4) is 0 Å². The summed E-state index contributed by atoms with van der Waals surface area (Å²) >= 11 is 0. The number of fused-ring (bicyclic) bond motifs is 1. The number of carboxylic acid groups (broad SMARTS) is 1. The molecule has 2 atom stereocenters. The summed E-state index contributed by atoms with van der Waals surface area (Å²) < 4.78 is 0. The summed E-state index contributed by atoms with van der Waals surface area (Å²) in [5.41, 5.74) is 1.01. The molecule has 0 bridgehead atoms. The minimum absolute atomic E-state index is 0.0921. The van der Waals surface area contributed by atoms with Crippen molar-refractivity contribution in [3.63, 3.8) is 0 Å². The van der Waals surface area contributed by atoms with Crippen molar-refractivity contribution in [2.45, 2.75) is 31.3 Å². The summed E-state index contributed by atoms with van der Waals surface area (Å²) in [7, 11) is 0. The zero-order valence-corrected chi connectivity index (χ0v) is 10.2. The maximum absolute atomic E-state index is 10.7. The molecule has 2 saturated heterocycles. The van der Waals surface area contributed by atoms with Gasteiger partial charge in [-0.15, -0.1) is 0 Å². The predicted molar refractivity (Wildman–Crippen MR) is 67.8 cm³/mol. The number of nitrogens with one attached hydrogen (secondary N) is 1. The quantitative estimate of drug-likeness (QED) is 0.846. The molecule has 96 valence electrons. The molecule has 2 aliphatic heterocycles. The second-order valence-electron chi connectivity index (χ2n) is 5.02. The van der Waals surface area contributed by atoms with Crippen molar-refractivity contribution in [2.24, 2.45) is 0 Å². The zero-order valence-electron chi connectivity index (χ0n) is 10.2. The van der Waals surface area contributed by atoms with E-state index in [0.717, 1.165) is 12.1 Å². The Labute approximate surface area is 106 Å². The molecule has 0 aliphatic carbocycles. The van der Waals surface area contributed by atoms with Gasteiger partial charge in [0.15, 0.2) is 0 Å². The predicted octanol–water partition coefficient (Wildman–Crippen LogP) is 1.43. The zero-order chi connectivity index (χ0) is 12.5. The summed E-state index contributed by atoms with van der Waals surface area (Å²) in [6.07, 6.45) is 5.32. The van der Waals surface area contributed by atoms with Gasteiger partial charge in [-0.3, -0.25) is 4.90 Å². The van der Waals surface area contributed by atoms with Gasteiger partial charge in [0.2, 0.25) is 0 Å². The van der Waals surface area contributed by atoms with Crippen LogP contribution >= 0.6 is 0 Å². The molecule has 0 radical (unpaired) electrons. The van der Waals surface area contributed by atoms with Crippen LogP contribution in [0.5, 0.6) is 0 Å². The number of aromatic nitrogens is 1. The molecule has 18 heavy (non-hydrogen) atoms. The van der Waals surface area contributed by atoms with Crippen LogP contribution in [0.15, 0.2) is 18.3 Å². The lowest BCUT2D eigenvalue weighted by Crippen LogP contribution is -2.33. The van der Waals surface area contributed by atoms with E-state index in [1.165, 1.54) is 25.9 Å². The maximum Gasteiger partial charge on any atom is 0.354 e. The first-order valence-electron chi connectivity index (χ1n) is 6.44. The van der Waals surface area contributed by atoms with Crippen LogP contribution in [0.1, 0.15) is 29.8 Å². The van der Waals surface area contributed by atoms with Gasteiger partial charge in [0, 0.05) is 18.6 Å². The summed E-state index contributed by atoms with van der Waals surface area (Å²) in [4.78, 5) is 17.2. The number of carbonyl (C=O) groups is 1. The number of carboxylic acids is 1. The monoisotopic (exact) mass is 247 g/mol. The van der Waals surface area contributed by atoms with Gasteiger partial charge in [-0.05, 0) is 37.9 Å². The standard InChI is InChI=1S/C13H17N3O2/c17-13(18)11-4-3-9(8-14-11)15-10-5-7-16-6-1-2-12(10)16/h3-4,8,10,12,15H,1-2,5-7H2,(H,17,18). The summed E-state index contributed by atoms with van der Waals surface area (Å²) in [6, 6.07) is 4.47. The normalized spacial score (nSPS) is 27.1. The fraction of sp³-hybridized carbons (Fsp3) is 0.538. The Morgan fingerprint density at radius 2 is 2.28 bits per heavy atom. The first-order valence-corrected chi connectivity index (χ1v) is 6.44. The van der Waals surface area contributed by atoms with Crippen molar-refractivity contribution < 1.29 is 9.90 Å². The average Bonchev–Trinajstić information content (AvgIpc) is 2.95. The molecule has 0 aromatic carbocycles. The molecule has 1 aromatic rings. The molecule has 5 nitrogen and oxygen atoms in total. The molecular formula is C13H17N3O2. The fourth-order valence-corrected chi connectivity index (χ4v) is 3.07. The van der Waals surface area contributed by atoms with Gasteiger partial charge in [-0.1, -0.05) is 0 Å². The van der Waals surface area contributed by atoms with Crippen LogP contribution in [0.3, 0.4) is 0 Å². The summed E-state index contributed by atoms with van der Waals surface area (Å²) in [6.45, 7) is 2.39. The van der Waals surface area contributed by atoms with Crippen molar-refractivity contribution in [1.29, 1.82) is 0 Å². The van der Waals surface area contributed by atoms with Crippen LogP contribution in [0.25, 0.3) is 0 Å². The van der Waals surface area contributed by atoms with Crippen molar-refractivity contribution in [2.75, 3.05) is 18.4 Å². The van der Waals surface area contributed by atoms with E-state index in [-0.39, 0.29) is 5.69 Å². The molecule has 1 aromatic heterocycles. The van der Waals surface area contributed by atoms with E-state index in [0.29, 0.717) is 12.1 Å². The van der Waals surface area contributed by atoms with E-state index in [1.807, 2.05) is 0 Å². The van der Waals surface area contributed by atoms with Crippen LogP contribution in [-0.2, 0) is 0 Å². The second kappa shape index (κ2) is 4.57. The lowest BCUT2D eigenvalue weighted by Gasteiger charge is -2.22. The Hall–Kier alpha value is -1.62. The summed E-state index contributed by atoms with van der Waals surface area (Å²) in [5.74, 6) is -0.982. The minimum atomic E-state index is -0.982. The van der Waals surface area contributed by atoms with Crippen LogP contribution in [-0.4, -0.2) is 46.1 Å². The lowest BCUT2D eigenvalue weighted by molar-refractivity contribution is 0.0690. The Bertz CT molecular complexity index is 446. The minimum Gasteiger partial charge on any atom is -0.477 e. The van der Waals surface area contributed by atoms with Crippen LogP contribution in [0.4, 0.5) is 5.69 Å². The average molecular weight is 247 g/mol.